The van der Waals surface area contributed by atoms with E-state index in [1.807, 2.05) is 6.92 Å². The number of nitrogens with one attached hydrogen (secondary N) is 2. The molecule has 6 rings (SSSR count). The van der Waals surface area contributed by atoms with Crippen LogP contribution in [0.2, 0.25) is 0 Å². The highest BCUT2D eigenvalue weighted by atomic mass is 19.1. The van der Waals surface area contributed by atoms with Crippen LogP contribution in [-0.2, 0) is 26.5 Å². The summed E-state index contributed by atoms with van der Waals surface area (Å²) in [6.45, 7) is 3.49. The summed E-state index contributed by atoms with van der Waals surface area (Å²) in [7, 11) is 0. The van der Waals surface area contributed by atoms with Gasteiger partial charge in [0, 0.05) is 42.5 Å². The zero-order chi connectivity index (χ0) is 27.3. The topological polar surface area (TPSA) is 108 Å². The first kappa shape index (κ1) is 25.5. The average Bonchev–Trinajstić information content (AvgIpc) is 3.62. The van der Waals surface area contributed by atoms with Gasteiger partial charge in [-0.2, -0.15) is 0 Å². The van der Waals surface area contributed by atoms with E-state index in [0.29, 0.717) is 42.4 Å². The number of hydrogen-bond acceptors (Lipinski definition) is 6. The van der Waals surface area contributed by atoms with Crippen LogP contribution >= 0.6 is 0 Å². The largest absolute Gasteiger partial charge is 0.435 e. The van der Waals surface area contributed by atoms with E-state index in [1.165, 1.54) is 17.0 Å². The van der Waals surface area contributed by atoms with Gasteiger partial charge in [0.25, 0.3) is 0 Å². The Kier molecular flexibility index (Phi) is 6.37. The molecule has 2 aromatic carbocycles. The Balaban J connectivity index is 1.17. The van der Waals surface area contributed by atoms with Gasteiger partial charge < -0.3 is 20.3 Å². The summed E-state index contributed by atoms with van der Waals surface area (Å²) >= 11 is 0. The van der Waals surface area contributed by atoms with E-state index in [2.05, 4.69) is 10.6 Å². The average molecular weight is 535 g/mol. The van der Waals surface area contributed by atoms with Gasteiger partial charge in [-0.05, 0) is 55.5 Å². The number of carbonyl (C=O) groups excluding carboxylic acids is 4. The van der Waals surface area contributed by atoms with Gasteiger partial charge in [0.05, 0.1) is 18.9 Å². The minimum absolute atomic E-state index is 0.0134. The van der Waals surface area contributed by atoms with E-state index in [9.17, 15) is 23.6 Å². The molecule has 2 aliphatic carbocycles. The first-order valence-corrected chi connectivity index (χ1v) is 13.4. The van der Waals surface area contributed by atoms with E-state index in [1.54, 1.807) is 35.2 Å². The van der Waals surface area contributed by atoms with E-state index >= 15 is 0 Å². The van der Waals surface area contributed by atoms with E-state index in [4.69, 9.17) is 4.74 Å². The number of halogens is 1. The van der Waals surface area contributed by atoms with Crippen molar-refractivity contribution in [2.75, 3.05) is 31.5 Å². The smallest absolute Gasteiger partial charge is 0.411 e. The summed E-state index contributed by atoms with van der Waals surface area (Å²) in [6, 6.07) is 11.1. The Labute approximate surface area is 225 Å². The number of carbonyl (C=O) groups is 4. The van der Waals surface area contributed by atoms with Crippen LogP contribution in [0.25, 0.3) is 0 Å². The maximum atomic E-state index is 13.5. The number of Topliss-reactive ketones (excluding diaryl/α,β-unsaturated/α-hetero) is 1. The second kappa shape index (κ2) is 9.75. The van der Waals surface area contributed by atoms with Crippen LogP contribution < -0.4 is 10.6 Å². The highest BCUT2D eigenvalue weighted by molar-refractivity contribution is 6.04. The third-order valence-corrected chi connectivity index (χ3v) is 8.37. The molecule has 0 radical (unpaired) electrons. The molecule has 1 spiro atoms. The summed E-state index contributed by atoms with van der Waals surface area (Å²) in [5, 5.41) is 5.91. The van der Waals surface area contributed by atoms with E-state index in [-0.39, 0.29) is 54.9 Å². The molecule has 2 heterocycles. The minimum atomic E-state index is -1.16. The van der Waals surface area contributed by atoms with Crippen molar-refractivity contribution in [1.29, 1.82) is 0 Å². The molecule has 10 heteroatoms. The first-order valence-electron chi connectivity index (χ1n) is 13.4. The number of hydrogen-bond donors (Lipinski definition) is 2. The van der Waals surface area contributed by atoms with Crippen molar-refractivity contribution in [1.82, 2.24) is 15.1 Å². The molecule has 204 valence electrons. The Hall–Kier alpha value is -3.79. The molecule has 2 atom stereocenters. The Morgan fingerprint density at radius 3 is 2.59 bits per heavy atom. The van der Waals surface area contributed by atoms with Gasteiger partial charge in [-0.3, -0.25) is 19.3 Å². The molecule has 0 unspecified atom stereocenters. The summed E-state index contributed by atoms with van der Waals surface area (Å²) in [6.07, 6.45) is 1.43. The van der Waals surface area contributed by atoms with Crippen LogP contribution in [0.4, 0.5) is 14.9 Å². The second-order valence-corrected chi connectivity index (χ2v) is 11.1. The number of ketones is 1. The number of ether oxygens (including phenoxy) is 1. The zero-order valence-electron chi connectivity index (χ0n) is 21.7. The maximum absolute atomic E-state index is 13.5. The van der Waals surface area contributed by atoms with Crippen molar-refractivity contribution in [3.63, 3.8) is 0 Å². The molecule has 3 amide bonds. The number of anilines is 1. The molecule has 2 aliphatic heterocycles. The SMILES string of the molecule is C[C@@H](C1CC1)N(Cc1ccc(F)cc1)C(=O)CN1C[C@@]2(CC(=O)c3cc(NC(=O)C4CNC4)ccc32)OC1=O. The van der Waals surface area contributed by atoms with Gasteiger partial charge in [0.15, 0.2) is 11.4 Å². The summed E-state index contributed by atoms with van der Waals surface area (Å²) in [4.78, 5) is 54.9. The van der Waals surface area contributed by atoms with E-state index in [0.717, 1.165) is 18.4 Å². The van der Waals surface area contributed by atoms with Crippen LogP contribution in [0.3, 0.4) is 0 Å². The van der Waals surface area contributed by atoms with Gasteiger partial charge in [0.1, 0.15) is 12.4 Å². The molecular weight excluding hydrogens is 503 g/mol. The van der Waals surface area contributed by atoms with Crippen molar-refractivity contribution in [2.45, 2.75) is 44.4 Å². The number of fused-ring (bicyclic) bond motifs is 2. The molecule has 3 fully saturated rings. The van der Waals surface area contributed by atoms with Crippen LogP contribution in [0.5, 0.6) is 0 Å². The zero-order valence-corrected chi connectivity index (χ0v) is 21.7. The second-order valence-electron chi connectivity index (χ2n) is 11.1. The lowest BCUT2D eigenvalue weighted by Crippen LogP contribution is -2.48. The van der Waals surface area contributed by atoms with Crippen LogP contribution in [0.15, 0.2) is 42.5 Å². The van der Waals surface area contributed by atoms with Crippen LogP contribution in [0, 0.1) is 17.7 Å². The predicted octanol–water partition coefficient (Wildman–Crippen LogP) is 3.04. The maximum Gasteiger partial charge on any atom is 0.411 e. The molecule has 2 N–H and O–H groups in total. The fourth-order valence-electron chi connectivity index (χ4n) is 5.74. The number of amides is 3. The van der Waals surface area contributed by atoms with Crippen molar-refractivity contribution >= 4 is 29.4 Å². The van der Waals surface area contributed by atoms with Crippen LogP contribution in [-0.4, -0.2) is 65.7 Å². The van der Waals surface area contributed by atoms with Gasteiger partial charge in [-0.1, -0.05) is 18.2 Å². The number of nitrogens with zero attached hydrogens (tertiary/aromatic N) is 2. The monoisotopic (exact) mass is 534 g/mol. The Morgan fingerprint density at radius 1 is 1.18 bits per heavy atom. The van der Waals surface area contributed by atoms with Crippen LogP contribution in [0.1, 0.15) is 47.7 Å². The quantitative estimate of drug-likeness (QED) is 0.539. The minimum Gasteiger partial charge on any atom is -0.435 e. The molecular formula is C29H31FN4O5. The number of rotatable bonds is 8. The molecule has 0 aromatic heterocycles. The third kappa shape index (κ3) is 4.89. The van der Waals surface area contributed by atoms with Crippen molar-refractivity contribution < 1.29 is 28.3 Å². The lowest BCUT2D eigenvalue weighted by molar-refractivity contribution is -0.135. The Bertz CT molecular complexity index is 1340. The highest BCUT2D eigenvalue weighted by Gasteiger charge is 2.54. The first-order chi connectivity index (χ1) is 18.7. The molecule has 0 bridgehead atoms. The number of benzene rings is 2. The Morgan fingerprint density at radius 2 is 1.92 bits per heavy atom. The fraction of sp³-hybridized carbons (Fsp3) is 0.448. The molecule has 39 heavy (non-hydrogen) atoms. The van der Waals surface area contributed by atoms with Crippen molar-refractivity contribution in [2.24, 2.45) is 11.8 Å². The molecule has 4 aliphatic rings. The molecule has 2 saturated heterocycles. The molecule has 2 aromatic rings. The van der Waals surface area contributed by atoms with Gasteiger partial charge in [-0.25, -0.2) is 9.18 Å². The van der Waals surface area contributed by atoms with Gasteiger partial charge >= 0.3 is 6.09 Å². The lowest BCUT2D eigenvalue weighted by Gasteiger charge is -2.31. The highest BCUT2D eigenvalue weighted by Crippen LogP contribution is 2.45. The summed E-state index contributed by atoms with van der Waals surface area (Å²) in [5.41, 5.74) is 1.19. The van der Waals surface area contributed by atoms with E-state index < -0.39 is 11.7 Å². The van der Waals surface area contributed by atoms with Gasteiger partial charge in [0.2, 0.25) is 11.8 Å². The van der Waals surface area contributed by atoms with Crippen molar-refractivity contribution in [3.8, 4) is 0 Å². The standard InChI is InChI=1S/C29H31FN4O5/c1-17(19-4-5-19)34(14-18-2-6-21(30)7-3-18)26(36)15-33-16-29(39-28(33)38)11-25(35)23-10-22(8-9-24(23)29)32-27(37)20-12-31-13-20/h2-3,6-10,17,19-20,31H,4-5,11-16H2,1H3,(H,32,37)/t17-,29+/m0/s1. The predicted molar refractivity (Wildman–Crippen MR) is 139 cm³/mol. The lowest BCUT2D eigenvalue weighted by atomic mass is 9.95. The van der Waals surface area contributed by atoms with Gasteiger partial charge in [-0.15, -0.1) is 0 Å². The molecule has 1 saturated carbocycles. The normalized spacial score (nSPS) is 22.9. The summed E-state index contributed by atoms with van der Waals surface area (Å²) < 4.78 is 19.2. The molecule has 9 nitrogen and oxygen atoms in total. The fourth-order valence-corrected chi connectivity index (χ4v) is 5.74. The third-order valence-electron chi connectivity index (χ3n) is 8.37. The summed E-state index contributed by atoms with van der Waals surface area (Å²) in [5.74, 6) is -0.522. The van der Waals surface area contributed by atoms with Crippen molar-refractivity contribution in [3.05, 3.63) is 65.0 Å².